The number of carbonyl (C=O) groups excluding carboxylic acids is 2. The number of anilines is 1. The van der Waals surface area contributed by atoms with Gasteiger partial charge < -0.3 is 9.64 Å². The first-order valence-electron chi connectivity index (χ1n) is 8.41. The lowest BCUT2D eigenvalue weighted by atomic mass is 10.1. The van der Waals surface area contributed by atoms with Crippen molar-refractivity contribution in [2.75, 3.05) is 11.4 Å². The van der Waals surface area contributed by atoms with Crippen LogP contribution in [0.2, 0.25) is 0 Å². The number of nitriles is 1. The van der Waals surface area contributed by atoms with E-state index in [4.69, 9.17) is 10.00 Å². The molecule has 0 aliphatic carbocycles. The molecule has 0 N–H and O–H groups in total. The van der Waals surface area contributed by atoms with Crippen LogP contribution < -0.4 is 4.90 Å². The molecule has 1 aliphatic rings. The number of rotatable bonds is 4. The highest BCUT2D eigenvalue weighted by atomic mass is 19.4. The number of hydrogen-bond acceptors (Lipinski definition) is 4. The van der Waals surface area contributed by atoms with Crippen LogP contribution in [0.25, 0.3) is 0 Å². The normalized spacial score (nSPS) is 16.7. The number of hydrogen-bond donors (Lipinski definition) is 0. The van der Waals surface area contributed by atoms with Crippen LogP contribution in [0.4, 0.5) is 18.9 Å². The molecule has 2 aromatic rings. The highest BCUT2D eigenvalue weighted by Gasteiger charge is 2.37. The summed E-state index contributed by atoms with van der Waals surface area (Å²) in [7, 11) is 0. The quantitative estimate of drug-likeness (QED) is 0.750. The van der Waals surface area contributed by atoms with Gasteiger partial charge in [-0.15, -0.1) is 0 Å². The third-order valence-electron chi connectivity index (χ3n) is 4.41. The van der Waals surface area contributed by atoms with Crippen LogP contribution in [0.1, 0.15) is 23.1 Å². The Morgan fingerprint density at radius 3 is 2.57 bits per heavy atom. The van der Waals surface area contributed by atoms with Gasteiger partial charge in [0.15, 0.2) is 0 Å². The lowest BCUT2D eigenvalue weighted by Crippen LogP contribution is -2.26. The second-order valence-electron chi connectivity index (χ2n) is 6.37. The van der Waals surface area contributed by atoms with Crippen molar-refractivity contribution < 1.29 is 27.5 Å². The standard InChI is InChI=1S/C20H15F3N2O3/c21-20(22,23)16-2-1-3-17(9-16)25-11-15(8-18(25)26)19(27)28-12-14-6-4-13(10-24)5-7-14/h1-7,9,15H,8,11-12H2/t15-/m1/s1. The van der Waals surface area contributed by atoms with E-state index in [1.165, 1.54) is 17.0 Å². The fraction of sp³-hybridized carbons (Fsp3) is 0.250. The topological polar surface area (TPSA) is 70.4 Å². The first kappa shape index (κ1) is 19.4. The van der Waals surface area contributed by atoms with Crippen molar-refractivity contribution in [3.8, 4) is 6.07 Å². The maximum Gasteiger partial charge on any atom is 0.416 e. The second kappa shape index (κ2) is 7.72. The number of alkyl halides is 3. The van der Waals surface area contributed by atoms with Gasteiger partial charge in [-0.1, -0.05) is 18.2 Å². The zero-order valence-corrected chi connectivity index (χ0v) is 14.6. The molecular formula is C20H15F3N2O3. The number of benzene rings is 2. The van der Waals surface area contributed by atoms with Gasteiger partial charge in [-0.25, -0.2) is 0 Å². The average molecular weight is 388 g/mol. The fourth-order valence-electron chi connectivity index (χ4n) is 2.91. The zero-order valence-electron chi connectivity index (χ0n) is 14.6. The summed E-state index contributed by atoms with van der Waals surface area (Å²) in [6.45, 7) is -0.0505. The summed E-state index contributed by atoms with van der Waals surface area (Å²) in [6.07, 6.45) is -4.64. The molecule has 0 aromatic heterocycles. The van der Waals surface area contributed by atoms with Crippen LogP contribution >= 0.6 is 0 Å². The maximum absolute atomic E-state index is 12.9. The highest BCUT2D eigenvalue weighted by Crippen LogP contribution is 2.33. The Labute approximate surface area is 158 Å². The molecule has 8 heteroatoms. The Hall–Kier alpha value is -3.34. The van der Waals surface area contributed by atoms with E-state index < -0.39 is 29.5 Å². The molecular weight excluding hydrogens is 373 g/mol. The monoisotopic (exact) mass is 388 g/mol. The van der Waals surface area contributed by atoms with Gasteiger partial charge in [-0.05, 0) is 35.9 Å². The van der Waals surface area contributed by atoms with Crippen LogP contribution in [0.15, 0.2) is 48.5 Å². The molecule has 0 bridgehead atoms. The molecule has 28 heavy (non-hydrogen) atoms. The van der Waals surface area contributed by atoms with Crippen molar-refractivity contribution in [3.05, 3.63) is 65.2 Å². The molecule has 0 unspecified atom stereocenters. The van der Waals surface area contributed by atoms with E-state index >= 15 is 0 Å². The molecule has 1 saturated heterocycles. The van der Waals surface area contributed by atoms with Gasteiger partial charge in [-0.3, -0.25) is 9.59 Å². The zero-order chi connectivity index (χ0) is 20.3. The molecule has 144 valence electrons. The Kier molecular flexibility index (Phi) is 5.36. The predicted octanol–water partition coefficient (Wildman–Crippen LogP) is 3.67. The lowest BCUT2D eigenvalue weighted by Gasteiger charge is -2.18. The van der Waals surface area contributed by atoms with Gasteiger partial charge in [-0.2, -0.15) is 18.4 Å². The first-order chi connectivity index (χ1) is 13.3. The van der Waals surface area contributed by atoms with Crippen LogP contribution in [0.5, 0.6) is 0 Å². The van der Waals surface area contributed by atoms with Crippen LogP contribution in [0, 0.1) is 17.2 Å². The van der Waals surface area contributed by atoms with Crippen LogP contribution in [-0.2, 0) is 27.1 Å². The summed E-state index contributed by atoms with van der Waals surface area (Å²) in [5.41, 5.74) is 0.409. The number of nitrogens with zero attached hydrogens (tertiary/aromatic N) is 2. The van der Waals surface area contributed by atoms with E-state index in [-0.39, 0.29) is 25.3 Å². The number of ether oxygens (including phenoxy) is 1. The summed E-state index contributed by atoms with van der Waals surface area (Å²) in [5, 5.41) is 8.76. The Balaban J connectivity index is 1.63. The molecule has 2 aromatic carbocycles. The minimum Gasteiger partial charge on any atom is -0.461 e. The molecule has 0 spiro atoms. The molecule has 1 aliphatic heterocycles. The molecule has 3 rings (SSSR count). The van der Waals surface area contributed by atoms with Crippen LogP contribution in [-0.4, -0.2) is 18.4 Å². The highest BCUT2D eigenvalue weighted by molar-refractivity contribution is 5.99. The summed E-state index contributed by atoms with van der Waals surface area (Å²) in [5.74, 6) is -1.77. The summed E-state index contributed by atoms with van der Waals surface area (Å²) in [4.78, 5) is 25.6. The Morgan fingerprint density at radius 1 is 1.21 bits per heavy atom. The molecule has 1 amide bonds. The van der Waals surface area contributed by atoms with Gasteiger partial charge >= 0.3 is 12.1 Å². The molecule has 1 atom stereocenters. The number of esters is 1. The molecule has 1 fully saturated rings. The van der Waals surface area contributed by atoms with Crippen molar-refractivity contribution in [2.45, 2.75) is 19.2 Å². The van der Waals surface area contributed by atoms with Gasteiger partial charge in [0.25, 0.3) is 0 Å². The Morgan fingerprint density at radius 2 is 1.93 bits per heavy atom. The molecule has 0 radical (unpaired) electrons. The van der Waals surface area contributed by atoms with E-state index in [9.17, 15) is 22.8 Å². The van der Waals surface area contributed by atoms with Crippen molar-refractivity contribution in [2.24, 2.45) is 5.92 Å². The van der Waals surface area contributed by atoms with Crippen molar-refractivity contribution in [3.63, 3.8) is 0 Å². The smallest absolute Gasteiger partial charge is 0.416 e. The third kappa shape index (κ3) is 4.31. The third-order valence-corrected chi connectivity index (χ3v) is 4.41. The van der Waals surface area contributed by atoms with Crippen molar-refractivity contribution in [1.82, 2.24) is 0 Å². The van der Waals surface area contributed by atoms with Gasteiger partial charge in [0, 0.05) is 18.7 Å². The van der Waals surface area contributed by atoms with Gasteiger partial charge in [0.1, 0.15) is 6.61 Å². The number of halogens is 3. The summed E-state index contributed by atoms with van der Waals surface area (Å²) in [6, 6.07) is 12.9. The maximum atomic E-state index is 12.9. The largest absolute Gasteiger partial charge is 0.461 e. The fourth-order valence-corrected chi connectivity index (χ4v) is 2.91. The minimum atomic E-state index is -4.52. The van der Waals surface area contributed by atoms with E-state index in [1.54, 1.807) is 24.3 Å². The average Bonchev–Trinajstić information content (AvgIpc) is 3.08. The predicted molar refractivity (Wildman–Crippen MR) is 92.9 cm³/mol. The van der Waals surface area contributed by atoms with Crippen molar-refractivity contribution in [1.29, 1.82) is 5.26 Å². The molecule has 5 nitrogen and oxygen atoms in total. The second-order valence-corrected chi connectivity index (χ2v) is 6.37. The van der Waals surface area contributed by atoms with Crippen molar-refractivity contribution >= 4 is 17.6 Å². The minimum absolute atomic E-state index is 0.0151. The van der Waals surface area contributed by atoms with E-state index in [0.717, 1.165) is 12.1 Å². The van der Waals surface area contributed by atoms with E-state index in [2.05, 4.69) is 0 Å². The lowest BCUT2D eigenvalue weighted by molar-refractivity contribution is -0.149. The number of carbonyl (C=O) groups is 2. The first-order valence-corrected chi connectivity index (χ1v) is 8.41. The molecule has 0 saturated carbocycles. The van der Waals surface area contributed by atoms with Gasteiger partial charge in [0.05, 0.1) is 23.1 Å². The molecule has 1 heterocycles. The van der Waals surface area contributed by atoms with Gasteiger partial charge in [0.2, 0.25) is 5.91 Å². The SMILES string of the molecule is N#Cc1ccc(COC(=O)[C@@H]2CC(=O)N(c3cccc(C(F)(F)F)c3)C2)cc1. The van der Waals surface area contributed by atoms with E-state index in [1.807, 2.05) is 6.07 Å². The van der Waals surface area contributed by atoms with E-state index in [0.29, 0.717) is 11.1 Å². The summed E-state index contributed by atoms with van der Waals surface area (Å²) < 4.78 is 43.8. The number of amides is 1. The summed E-state index contributed by atoms with van der Waals surface area (Å²) >= 11 is 0. The van der Waals surface area contributed by atoms with Crippen LogP contribution in [0.3, 0.4) is 0 Å². The Bertz CT molecular complexity index is 933.